The predicted molar refractivity (Wildman–Crippen MR) is 128 cm³/mol. The van der Waals surface area contributed by atoms with Gasteiger partial charge in [-0.3, -0.25) is 9.59 Å². The van der Waals surface area contributed by atoms with Gasteiger partial charge in [0.25, 0.3) is 5.91 Å². The lowest BCUT2D eigenvalue weighted by Crippen LogP contribution is -2.31. The highest BCUT2D eigenvalue weighted by Gasteiger charge is 2.39. The van der Waals surface area contributed by atoms with E-state index >= 15 is 0 Å². The number of amides is 2. The molecule has 0 aromatic heterocycles. The largest absolute Gasteiger partial charge is 0.493 e. The van der Waals surface area contributed by atoms with E-state index in [0.29, 0.717) is 17.4 Å². The number of rotatable bonds is 10. The highest BCUT2D eigenvalue weighted by atomic mass is 16.5. The van der Waals surface area contributed by atoms with Crippen molar-refractivity contribution in [2.24, 2.45) is 11.8 Å². The standard InChI is InChI=1S/C26H32N2O6/c1-6-17-7-9-18(10-8-17)16(3)27-24(29)14-34-26(31)20-12-22(32-4)23(33-5)13-21(20)28-25(30)19-11-15(19)2/h7-10,12-13,15-16,19H,6,11,14H2,1-5H3,(H,27,29)(H,28,30). The Hall–Kier alpha value is -3.55. The molecule has 8 nitrogen and oxygen atoms in total. The SMILES string of the molecule is CCc1ccc(C(C)NC(=O)COC(=O)c2cc(OC)c(OC)cc2NC(=O)C2CC2C)cc1. The molecule has 0 heterocycles. The van der Waals surface area contributed by atoms with E-state index in [1.165, 1.54) is 31.9 Å². The number of hydrogen-bond donors (Lipinski definition) is 2. The molecule has 2 amide bonds. The molecule has 0 saturated heterocycles. The summed E-state index contributed by atoms with van der Waals surface area (Å²) in [5.41, 5.74) is 2.49. The molecule has 1 saturated carbocycles. The van der Waals surface area contributed by atoms with Gasteiger partial charge in [-0.25, -0.2) is 4.79 Å². The zero-order chi connectivity index (χ0) is 24.8. The fraction of sp³-hybridized carbons (Fsp3) is 0.423. The molecule has 2 N–H and O–H groups in total. The van der Waals surface area contributed by atoms with E-state index in [9.17, 15) is 14.4 Å². The lowest BCUT2D eigenvalue weighted by molar-refractivity contribution is -0.125. The Bertz CT molecular complexity index is 1050. The van der Waals surface area contributed by atoms with Crippen molar-refractivity contribution in [3.05, 3.63) is 53.1 Å². The number of ether oxygens (including phenoxy) is 3. The van der Waals surface area contributed by atoms with Crippen LogP contribution in [0.15, 0.2) is 36.4 Å². The van der Waals surface area contributed by atoms with Crippen molar-refractivity contribution in [3.63, 3.8) is 0 Å². The maximum Gasteiger partial charge on any atom is 0.340 e. The Morgan fingerprint density at radius 3 is 2.24 bits per heavy atom. The number of hydrogen-bond acceptors (Lipinski definition) is 6. The van der Waals surface area contributed by atoms with E-state index in [1.807, 2.05) is 38.1 Å². The van der Waals surface area contributed by atoms with Gasteiger partial charge in [0, 0.05) is 18.1 Å². The molecule has 2 aromatic rings. The van der Waals surface area contributed by atoms with Gasteiger partial charge in [0.15, 0.2) is 18.1 Å². The van der Waals surface area contributed by atoms with Gasteiger partial charge >= 0.3 is 5.97 Å². The molecule has 0 bridgehead atoms. The molecular weight excluding hydrogens is 436 g/mol. The van der Waals surface area contributed by atoms with Crippen LogP contribution in [0.3, 0.4) is 0 Å². The van der Waals surface area contributed by atoms with Crippen LogP contribution < -0.4 is 20.1 Å². The summed E-state index contributed by atoms with van der Waals surface area (Å²) in [5.74, 6) is -0.474. The number of aryl methyl sites for hydroxylation is 1. The fourth-order valence-electron chi connectivity index (χ4n) is 3.68. The van der Waals surface area contributed by atoms with Crippen molar-refractivity contribution in [2.45, 2.75) is 39.7 Å². The molecule has 182 valence electrons. The molecule has 1 fully saturated rings. The lowest BCUT2D eigenvalue weighted by Gasteiger charge is -2.17. The number of methoxy groups -OCH3 is 2. The minimum Gasteiger partial charge on any atom is -0.493 e. The number of anilines is 1. The van der Waals surface area contributed by atoms with Crippen molar-refractivity contribution in [1.82, 2.24) is 5.32 Å². The Kier molecular flexibility index (Phi) is 8.15. The van der Waals surface area contributed by atoms with E-state index in [1.54, 1.807) is 0 Å². The first-order chi connectivity index (χ1) is 16.3. The molecule has 3 rings (SSSR count). The van der Waals surface area contributed by atoms with Crippen LogP contribution in [0.4, 0.5) is 5.69 Å². The maximum atomic E-state index is 12.8. The summed E-state index contributed by atoms with van der Waals surface area (Å²) in [6, 6.07) is 10.7. The summed E-state index contributed by atoms with van der Waals surface area (Å²) >= 11 is 0. The molecule has 34 heavy (non-hydrogen) atoms. The normalized spacial score (nSPS) is 17.3. The topological polar surface area (TPSA) is 103 Å². The average Bonchev–Trinajstić information content (AvgIpc) is 3.58. The molecule has 0 radical (unpaired) electrons. The molecule has 3 unspecified atom stereocenters. The number of carbonyl (C=O) groups is 3. The van der Waals surface area contributed by atoms with Crippen molar-refractivity contribution in [3.8, 4) is 11.5 Å². The zero-order valence-electron chi connectivity index (χ0n) is 20.3. The number of esters is 1. The van der Waals surface area contributed by atoms with Gasteiger partial charge in [0.1, 0.15) is 0 Å². The Balaban J connectivity index is 1.67. The van der Waals surface area contributed by atoms with Crippen LogP contribution in [0, 0.1) is 11.8 Å². The van der Waals surface area contributed by atoms with E-state index < -0.39 is 18.5 Å². The number of nitrogens with one attached hydrogen (secondary N) is 2. The van der Waals surface area contributed by atoms with E-state index in [-0.39, 0.29) is 29.1 Å². The monoisotopic (exact) mass is 468 g/mol. The first-order valence-electron chi connectivity index (χ1n) is 11.4. The molecule has 1 aliphatic rings. The van der Waals surface area contributed by atoms with Crippen molar-refractivity contribution < 1.29 is 28.6 Å². The molecule has 0 spiro atoms. The third kappa shape index (κ3) is 6.07. The first kappa shape index (κ1) is 25.1. The van der Waals surface area contributed by atoms with Gasteiger partial charge in [0.2, 0.25) is 5.91 Å². The van der Waals surface area contributed by atoms with Crippen molar-refractivity contribution in [2.75, 3.05) is 26.1 Å². The van der Waals surface area contributed by atoms with Gasteiger partial charge in [-0.15, -0.1) is 0 Å². The van der Waals surface area contributed by atoms with Crippen LogP contribution >= 0.6 is 0 Å². The molecule has 8 heteroatoms. The quantitative estimate of drug-likeness (QED) is 0.513. The van der Waals surface area contributed by atoms with Crippen LogP contribution in [-0.2, 0) is 20.7 Å². The summed E-state index contributed by atoms with van der Waals surface area (Å²) in [4.78, 5) is 37.7. The number of benzene rings is 2. The Morgan fingerprint density at radius 1 is 1.06 bits per heavy atom. The fourth-order valence-corrected chi connectivity index (χ4v) is 3.68. The van der Waals surface area contributed by atoms with Gasteiger partial charge in [-0.1, -0.05) is 38.1 Å². The van der Waals surface area contributed by atoms with Crippen LogP contribution in [0.5, 0.6) is 11.5 Å². The summed E-state index contributed by atoms with van der Waals surface area (Å²) in [5, 5.41) is 5.61. The van der Waals surface area contributed by atoms with Crippen LogP contribution in [0.2, 0.25) is 0 Å². The highest BCUT2D eigenvalue weighted by Crippen LogP contribution is 2.40. The molecule has 2 aromatic carbocycles. The molecular formula is C26H32N2O6. The van der Waals surface area contributed by atoms with Gasteiger partial charge in [0.05, 0.1) is 31.5 Å². The molecule has 1 aliphatic carbocycles. The summed E-state index contributed by atoms with van der Waals surface area (Å²) in [7, 11) is 2.91. The van der Waals surface area contributed by atoms with Gasteiger partial charge in [-0.05, 0) is 36.8 Å². The van der Waals surface area contributed by atoms with E-state index in [0.717, 1.165) is 18.4 Å². The van der Waals surface area contributed by atoms with Crippen LogP contribution in [0.25, 0.3) is 0 Å². The van der Waals surface area contributed by atoms with Crippen molar-refractivity contribution >= 4 is 23.5 Å². The third-order valence-electron chi connectivity index (χ3n) is 6.05. The predicted octanol–water partition coefficient (Wildman–Crippen LogP) is 3.89. The minimum absolute atomic E-state index is 0.0790. The number of carbonyl (C=O) groups excluding carboxylic acids is 3. The second-order valence-electron chi connectivity index (χ2n) is 8.52. The van der Waals surface area contributed by atoms with Crippen LogP contribution in [0.1, 0.15) is 54.7 Å². The summed E-state index contributed by atoms with van der Waals surface area (Å²) in [6.07, 6.45) is 1.74. The summed E-state index contributed by atoms with van der Waals surface area (Å²) in [6.45, 7) is 5.47. The second kappa shape index (κ2) is 11.0. The average molecular weight is 469 g/mol. The summed E-state index contributed by atoms with van der Waals surface area (Å²) < 4.78 is 15.8. The first-order valence-corrected chi connectivity index (χ1v) is 11.4. The minimum atomic E-state index is -0.754. The Labute approximate surface area is 200 Å². The van der Waals surface area contributed by atoms with E-state index in [4.69, 9.17) is 14.2 Å². The van der Waals surface area contributed by atoms with Crippen molar-refractivity contribution in [1.29, 1.82) is 0 Å². The van der Waals surface area contributed by atoms with Gasteiger partial charge < -0.3 is 24.8 Å². The smallest absolute Gasteiger partial charge is 0.340 e. The Morgan fingerprint density at radius 2 is 1.68 bits per heavy atom. The highest BCUT2D eigenvalue weighted by molar-refractivity contribution is 6.03. The van der Waals surface area contributed by atoms with Crippen LogP contribution in [-0.4, -0.2) is 38.6 Å². The van der Waals surface area contributed by atoms with E-state index in [2.05, 4.69) is 17.6 Å². The molecule has 3 atom stereocenters. The third-order valence-corrected chi connectivity index (χ3v) is 6.05. The molecule has 0 aliphatic heterocycles. The zero-order valence-corrected chi connectivity index (χ0v) is 20.3. The van der Waals surface area contributed by atoms with Gasteiger partial charge in [-0.2, -0.15) is 0 Å². The lowest BCUT2D eigenvalue weighted by atomic mass is 10.1. The maximum absolute atomic E-state index is 12.8. The second-order valence-corrected chi connectivity index (χ2v) is 8.52.